The van der Waals surface area contributed by atoms with Gasteiger partial charge in [0.1, 0.15) is 22.6 Å². The summed E-state index contributed by atoms with van der Waals surface area (Å²) in [4.78, 5) is 48.3. The van der Waals surface area contributed by atoms with Gasteiger partial charge in [-0.2, -0.15) is 0 Å². The molecule has 1 aromatic carbocycles. The number of halogens is 5. The summed E-state index contributed by atoms with van der Waals surface area (Å²) in [7, 11) is -8.67. The first-order valence-corrected chi connectivity index (χ1v) is 17.1. The number of methoxy groups -OCH3 is 1. The van der Waals surface area contributed by atoms with Crippen LogP contribution in [-0.2, 0) is 23.8 Å². The highest BCUT2D eigenvalue weighted by atomic mass is 32.5. The van der Waals surface area contributed by atoms with Gasteiger partial charge >= 0.3 is 16.3 Å². The van der Waals surface area contributed by atoms with E-state index < -0.39 is 56.8 Å². The highest BCUT2D eigenvalue weighted by molar-refractivity contribution is 8.45. The number of hydrogen-bond donors (Lipinski definition) is 0. The van der Waals surface area contributed by atoms with E-state index in [1.807, 2.05) is 0 Å². The van der Waals surface area contributed by atoms with E-state index >= 15 is 0 Å². The summed E-state index contributed by atoms with van der Waals surface area (Å²) < 4.78 is 85.0. The van der Waals surface area contributed by atoms with Crippen molar-refractivity contribution in [3.05, 3.63) is 54.4 Å². The van der Waals surface area contributed by atoms with Crippen molar-refractivity contribution >= 4 is 33.8 Å². The van der Waals surface area contributed by atoms with Crippen molar-refractivity contribution in [1.82, 2.24) is 14.8 Å². The van der Waals surface area contributed by atoms with Gasteiger partial charge in [0.25, 0.3) is 5.91 Å². The smallest absolute Gasteiger partial charge is 0.411 e. The number of likely N-dealkylation sites (tertiary alicyclic amines) is 2. The molecule has 47 heavy (non-hydrogen) atoms. The Hall–Kier alpha value is -3.50. The summed E-state index contributed by atoms with van der Waals surface area (Å²) in [6, 6.07) is 2.20. The van der Waals surface area contributed by atoms with E-state index in [9.17, 15) is 33.8 Å². The van der Waals surface area contributed by atoms with E-state index in [0.717, 1.165) is 28.4 Å². The number of benzene rings is 1. The lowest BCUT2D eigenvalue weighted by molar-refractivity contribution is -0.160. The number of nitrogens with zero attached hydrogens (tertiary/aromatic N) is 4. The van der Waals surface area contributed by atoms with Crippen LogP contribution in [-0.4, -0.2) is 90.4 Å². The Labute approximate surface area is 269 Å². The monoisotopic (exact) mass is 690 g/mol. The molecule has 16 heteroatoms. The lowest BCUT2D eigenvalue weighted by atomic mass is 9.78. The summed E-state index contributed by atoms with van der Waals surface area (Å²) in [6.07, 6.45) is 2.83. The maximum atomic E-state index is 14.7. The van der Waals surface area contributed by atoms with Gasteiger partial charge in [-0.05, 0) is 63.9 Å². The Bertz CT molecular complexity index is 1500. The van der Waals surface area contributed by atoms with Gasteiger partial charge in [0, 0.05) is 55.7 Å². The molecule has 1 unspecified atom stereocenters. The minimum absolute atomic E-state index is 0.0211. The van der Waals surface area contributed by atoms with Crippen LogP contribution in [0.2, 0.25) is 0 Å². The topological polar surface area (TPSA) is 102 Å². The van der Waals surface area contributed by atoms with Crippen LogP contribution < -0.4 is 4.90 Å². The number of amides is 3. The molecule has 260 valence electrons. The summed E-state index contributed by atoms with van der Waals surface area (Å²) in [5, 5.41) is 0. The van der Waals surface area contributed by atoms with Crippen LogP contribution in [0.3, 0.4) is 0 Å². The predicted octanol–water partition coefficient (Wildman–Crippen LogP) is 6.48. The van der Waals surface area contributed by atoms with Crippen molar-refractivity contribution in [3.63, 3.8) is 0 Å². The average Bonchev–Trinajstić information content (AvgIpc) is 3.42. The van der Waals surface area contributed by atoms with E-state index in [1.165, 1.54) is 25.6 Å². The Balaban J connectivity index is 1.63. The van der Waals surface area contributed by atoms with Crippen molar-refractivity contribution in [3.8, 4) is 0 Å². The molecule has 3 aliphatic rings. The summed E-state index contributed by atoms with van der Waals surface area (Å²) in [5.74, 6) is -1.38. The first-order chi connectivity index (χ1) is 21.7. The molecule has 0 aliphatic carbocycles. The first-order valence-electron chi connectivity index (χ1n) is 15.2. The van der Waals surface area contributed by atoms with Gasteiger partial charge in [0.15, 0.2) is 0 Å². The van der Waals surface area contributed by atoms with Gasteiger partial charge in [0.05, 0.1) is 25.9 Å². The SMILES string of the molecule is CO[C@@H]1C[C@H](C(=O)N(c2ccc(S(F)(F)(F)(F)F)cc2)C(C(=O)N2CCCC3(COC3)C2)c2cccnc2)N(C(=O)OC(C)(C)C)C1. The van der Waals surface area contributed by atoms with Gasteiger partial charge in [-0.25, -0.2) is 4.79 Å². The summed E-state index contributed by atoms with van der Waals surface area (Å²) >= 11 is 0. The summed E-state index contributed by atoms with van der Waals surface area (Å²) in [5.41, 5.74) is -1.21. The number of pyridine rings is 1. The largest absolute Gasteiger partial charge is 0.444 e. The quantitative estimate of drug-likeness (QED) is 0.307. The predicted molar refractivity (Wildman–Crippen MR) is 164 cm³/mol. The standard InChI is InChI=1S/C31H39F5N4O6S/c1-30(2,3)46-29(43)39-17-23(44-4)15-25(39)27(41)40(22-8-10-24(11-9-22)47(32,33,34,35)36)26(21-7-5-13-37-16-21)28(42)38-14-6-12-31(18-38)19-45-20-31/h5,7-11,13,16,23,25-26H,6,12,14-15,17-20H2,1-4H3/t23-,25-,26?/m1/s1. The molecule has 3 aliphatic heterocycles. The van der Waals surface area contributed by atoms with Gasteiger partial charge in [-0.3, -0.25) is 24.4 Å². The van der Waals surface area contributed by atoms with E-state index in [2.05, 4.69) is 4.98 Å². The second-order valence-corrected chi connectivity index (χ2v) is 15.9. The maximum Gasteiger partial charge on any atom is 0.411 e. The van der Waals surface area contributed by atoms with E-state index in [1.54, 1.807) is 31.7 Å². The molecule has 0 radical (unpaired) electrons. The molecule has 5 rings (SSSR count). The van der Waals surface area contributed by atoms with Crippen LogP contribution in [0.5, 0.6) is 0 Å². The fourth-order valence-electron chi connectivity index (χ4n) is 6.29. The molecule has 10 nitrogen and oxygen atoms in total. The second-order valence-electron chi connectivity index (χ2n) is 13.5. The fraction of sp³-hybridized carbons (Fsp3) is 0.548. The molecular weight excluding hydrogens is 651 g/mol. The van der Waals surface area contributed by atoms with Crippen LogP contribution in [0.25, 0.3) is 0 Å². The molecule has 0 bridgehead atoms. The van der Waals surface area contributed by atoms with Crippen molar-refractivity contribution in [2.24, 2.45) is 5.41 Å². The van der Waals surface area contributed by atoms with Gasteiger partial charge in [-0.1, -0.05) is 25.5 Å². The van der Waals surface area contributed by atoms with Crippen LogP contribution in [0, 0.1) is 5.41 Å². The number of anilines is 1. The molecule has 3 saturated heterocycles. The third-order valence-corrected chi connectivity index (χ3v) is 9.75. The minimum Gasteiger partial charge on any atom is -0.444 e. The number of hydrogen-bond acceptors (Lipinski definition) is 7. The third-order valence-electron chi connectivity index (χ3n) is 8.59. The molecule has 3 atom stereocenters. The zero-order valence-electron chi connectivity index (χ0n) is 26.5. The molecule has 3 fully saturated rings. The molecule has 2 aromatic rings. The van der Waals surface area contributed by atoms with E-state index in [4.69, 9.17) is 14.2 Å². The van der Waals surface area contributed by atoms with Crippen molar-refractivity contribution in [2.45, 2.75) is 68.7 Å². The Morgan fingerprint density at radius 2 is 1.77 bits per heavy atom. The van der Waals surface area contributed by atoms with E-state index in [0.29, 0.717) is 32.7 Å². The number of piperidine rings is 1. The zero-order valence-corrected chi connectivity index (χ0v) is 27.4. The van der Waals surface area contributed by atoms with Crippen LogP contribution in [0.15, 0.2) is 53.7 Å². The number of carbonyl (C=O) groups is 3. The Morgan fingerprint density at radius 3 is 2.30 bits per heavy atom. The van der Waals surface area contributed by atoms with Crippen LogP contribution in [0.1, 0.15) is 51.6 Å². The van der Waals surface area contributed by atoms with Crippen molar-refractivity contribution < 1.29 is 48.0 Å². The van der Waals surface area contributed by atoms with Gasteiger partial charge in [-0.15, -0.1) is 0 Å². The Morgan fingerprint density at radius 1 is 1.09 bits per heavy atom. The third kappa shape index (κ3) is 7.64. The number of ether oxygens (including phenoxy) is 3. The van der Waals surface area contributed by atoms with E-state index in [-0.39, 0.29) is 41.8 Å². The highest BCUT2D eigenvalue weighted by Gasteiger charge is 2.65. The molecule has 0 saturated carbocycles. The molecule has 3 amide bonds. The average molecular weight is 691 g/mol. The molecular formula is C31H39F5N4O6S. The fourth-order valence-corrected chi connectivity index (χ4v) is 6.94. The second kappa shape index (κ2) is 11.6. The normalized spacial score (nSPS) is 23.3. The molecule has 0 N–H and O–H groups in total. The summed E-state index contributed by atoms with van der Waals surface area (Å²) in [6.45, 7) is 6.49. The Kier molecular flexibility index (Phi) is 8.58. The lowest BCUT2D eigenvalue weighted by Gasteiger charge is -2.49. The minimum atomic E-state index is -10.1. The van der Waals surface area contributed by atoms with Crippen LogP contribution in [0.4, 0.5) is 29.9 Å². The highest BCUT2D eigenvalue weighted by Crippen LogP contribution is 3.02. The van der Waals surface area contributed by atoms with Gasteiger partial charge in [0.2, 0.25) is 5.91 Å². The first kappa shape index (κ1) is 34.8. The van der Waals surface area contributed by atoms with Crippen molar-refractivity contribution in [2.75, 3.05) is 44.9 Å². The molecule has 1 aromatic heterocycles. The van der Waals surface area contributed by atoms with Gasteiger partial charge < -0.3 is 19.1 Å². The van der Waals surface area contributed by atoms with Crippen molar-refractivity contribution in [1.29, 1.82) is 0 Å². The zero-order chi connectivity index (χ0) is 34.5. The maximum absolute atomic E-state index is 14.7. The number of carbonyl (C=O) groups excluding carboxylic acids is 3. The number of aromatic nitrogens is 1. The van der Waals surface area contributed by atoms with Crippen LogP contribution >= 0.6 is 10.2 Å². The molecule has 1 spiro atoms. The molecule has 4 heterocycles. The lowest BCUT2D eigenvalue weighted by Crippen LogP contribution is -2.58. The number of rotatable bonds is 7.